The highest BCUT2D eigenvalue weighted by molar-refractivity contribution is 5.95. The molecule has 100 valence electrons. The zero-order valence-corrected chi connectivity index (χ0v) is 10.9. The van der Waals surface area contributed by atoms with E-state index < -0.39 is 0 Å². The number of benzene rings is 2. The van der Waals surface area contributed by atoms with Crippen LogP contribution in [-0.2, 0) is 4.74 Å². The highest BCUT2D eigenvalue weighted by Gasteiger charge is 2.09. The number of methoxy groups -OCH3 is 1. The SMILES string of the molecule is COC(=O)c1cc2cc(Oc3ccccc3)ccc2[nH]1. The fourth-order valence-electron chi connectivity index (χ4n) is 2.02. The van der Waals surface area contributed by atoms with E-state index >= 15 is 0 Å². The molecule has 3 aromatic rings. The van der Waals surface area contributed by atoms with E-state index in [1.165, 1.54) is 7.11 Å². The molecule has 0 saturated carbocycles. The summed E-state index contributed by atoms with van der Waals surface area (Å²) in [6.07, 6.45) is 0. The highest BCUT2D eigenvalue weighted by Crippen LogP contribution is 2.26. The van der Waals surface area contributed by atoms with Gasteiger partial charge in [-0.25, -0.2) is 4.79 Å². The molecule has 0 spiro atoms. The van der Waals surface area contributed by atoms with Crippen LogP contribution in [0.2, 0.25) is 0 Å². The molecule has 1 heterocycles. The quantitative estimate of drug-likeness (QED) is 0.735. The third-order valence-electron chi connectivity index (χ3n) is 2.98. The van der Waals surface area contributed by atoms with Crippen molar-refractivity contribution < 1.29 is 14.3 Å². The lowest BCUT2D eigenvalue weighted by atomic mass is 10.2. The molecule has 0 amide bonds. The van der Waals surface area contributed by atoms with Crippen LogP contribution in [0.4, 0.5) is 0 Å². The maximum Gasteiger partial charge on any atom is 0.354 e. The first kappa shape index (κ1) is 12.3. The van der Waals surface area contributed by atoms with E-state index in [-0.39, 0.29) is 5.97 Å². The topological polar surface area (TPSA) is 51.3 Å². The van der Waals surface area contributed by atoms with Crippen molar-refractivity contribution in [1.29, 1.82) is 0 Å². The van der Waals surface area contributed by atoms with Gasteiger partial charge >= 0.3 is 5.97 Å². The van der Waals surface area contributed by atoms with Gasteiger partial charge in [0.2, 0.25) is 0 Å². The van der Waals surface area contributed by atoms with E-state index in [0.717, 1.165) is 22.4 Å². The van der Waals surface area contributed by atoms with E-state index in [2.05, 4.69) is 4.98 Å². The molecule has 0 aliphatic rings. The van der Waals surface area contributed by atoms with Crippen LogP contribution in [-0.4, -0.2) is 18.1 Å². The van der Waals surface area contributed by atoms with Crippen LogP contribution < -0.4 is 4.74 Å². The van der Waals surface area contributed by atoms with Gasteiger partial charge in [-0.3, -0.25) is 0 Å². The van der Waals surface area contributed by atoms with E-state index in [9.17, 15) is 4.79 Å². The number of hydrogen-bond acceptors (Lipinski definition) is 3. The molecular formula is C16H13NO3. The number of rotatable bonds is 3. The van der Waals surface area contributed by atoms with E-state index in [1.807, 2.05) is 48.5 Å². The van der Waals surface area contributed by atoms with Crippen LogP contribution in [0.25, 0.3) is 10.9 Å². The van der Waals surface area contributed by atoms with Gasteiger partial charge in [0.05, 0.1) is 7.11 Å². The van der Waals surface area contributed by atoms with Crippen molar-refractivity contribution in [2.24, 2.45) is 0 Å². The number of ether oxygens (including phenoxy) is 2. The Morgan fingerprint density at radius 1 is 1.00 bits per heavy atom. The second-order valence-electron chi connectivity index (χ2n) is 4.34. The molecule has 0 fully saturated rings. The first-order chi connectivity index (χ1) is 9.76. The first-order valence-electron chi connectivity index (χ1n) is 6.20. The number of H-pyrrole nitrogens is 1. The Morgan fingerprint density at radius 3 is 2.55 bits per heavy atom. The molecule has 1 aromatic heterocycles. The number of hydrogen-bond donors (Lipinski definition) is 1. The Morgan fingerprint density at radius 2 is 1.80 bits per heavy atom. The number of aromatic amines is 1. The fraction of sp³-hybridized carbons (Fsp3) is 0.0625. The number of esters is 1. The standard InChI is InChI=1S/C16H13NO3/c1-19-16(18)15-10-11-9-13(7-8-14(11)17-15)20-12-5-3-2-4-6-12/h2-10,17H,1H3. The Bertz CT molecular complexity index is 747. The van der Waals surface area contributed by atoms with Crippen molar-refractivity contribution in [3.63, 3.8) is 0 Å². The van der Waals surface area contributed by atoms with E-state index in [4.69, 9.17) is 9.47 Å². The normalized spacial score (nSPS) is 10.4. The number of carbonyl (C=O) groups excluding carboxylic acids is 1. The second-order valence-corrected chi connectivity index (χ2v) is 4.34. The summed E-state index contributed by atoms with van der Waals surface area (Å²) in [6.45, 7) is 0. The summed E-state index contributed by atoms with van der Waals surface area (Å²) in [5.41, 5.74) is 1.30. The number of carbonyl (C=O) groups is 1. The van der Waals surface area contributed by atoms with Gasteiger partial charge in [-0.15, -0.1) is 0 Å². The van der Waals surface area contributed by atoms with Gasteiger partial charge in [-0.05, 0) is 36.4 Å². The van der Waals surface area contributed by atoms with Gasteiger partial charge in [-0.2, -0.15) is 0 Å². The molecule has 0 atom stereocenters. The average Bonchev–Trinajstić information content (AvgIpc) is 2.90. The van der Waals surface area contributed by atoms with Crippen LogP contribution >= 0.6 is 0 Å². The van der Waals surface area contributed by atoms with E-state index in [0.29, 0.717) is 5.69 Å². The van der Waals surface area contributed by atoms with Gasteiger partial charge < -0.3 is 14.5 Å². The Hall–Kier alpha value is -2.75. The number of para-hydroxylation sites is 1. The molecule has 0 bridgehead atoms. The third-order valence-corrected chi connectivity index (χ3v) is 2.98. The number of nitrogens with one attached hydrogen (secondary N) is 1. The van der Waals surface area contributed by atoms with Crippen LogP contribution in [0.1, 0.15) is 10.5 Å². The monoisotopic (exact) mass is 267 g/mol. The van der Waals surface area contributed by atoms with Gasteiger partial charge in [0.1, 0.15) is 17.2 Å². The fourth-order valence-corrected chi connectivity index (χ4v) is 2.02. The predicted molar refractivity (Wildman–Crippen MR) is 76.2 cm³/mol. The van der Waals surface area contributed by atoms with Gasteiger partial charge in [0.15, 0.2) is 0 Å². The maximum atomic E-state index is 11.5. The second kappa shape index (κ2) is 5.09. The van der Waals surface area contributed by atoms with E-state index in [1.54, 1.807) is 6.07 Å². The van der Waals surface area contributed by atoms with Crippen molar-refractivity contribution in [3.8, 4) is 11.5 Å². The summed E-state index contributed by atoms with van der Waals surface area (Å²) in [6, 6.07) is 16.9. The summed E-state index contributed by atoms with van der Waals surface area (Å²) in [5.74, 6) is 1.11. The molecule has 4 heteroatoms. The zero-order chi connectivity index (χ0) is 13.9. The van der Waals surface area contributed by atoms with Crippen molar-refractivity contribution >= 4 is 16.9 Å². The molecule has 2 aromatic carbocycles. The minimum absolute atomic E-state index is 0.383. The Labute approximate surface area is 115 Å². The molecule has 0 unspecified atom stereocenters. The van der Waals surface area contributed by atoms with Gasteiger partial charge in [-0.1, -0.05) is 18.2 Å². The van der Waals surface area contributed by atoms with Crippen molar-refractivity contribution in [3.05, 3.63) is 60.3 Å². The molecular weight excluding hydrogens is 254 g/mol. The largest absolute Gasteiger partial charge is 0.464 e. The molecule has 0 aliphatic carbocycles. The van der Waals surface area contributed by atoms with Crippen LogP contribution in [0.5, 0.6) is 11.5 Å². The predicted octanol–water partition coefficient (Wildman–Crippen LogP) is 3.75. The van der Waals surface area contributed by atoms with Crippen LogP contribution in [0.15, 0.2) is 54.6 Å². The lowest BCUT2D eigenvalue weighted by molar-refractivity contribution is 0.0595. The highest BCUT2D eigenvalue weighted by atomic mass is 16.5. The Kier molecular flexibility index (Phi) is 3.13. The number of fused-ring (bicyclic) bond motifs is 1. The lowest BCUT2D eigenvalue weighted by Gasteiger charge is -2.04. The van der Waals surface area contributed by atoms with Gasteiger partial charge in [0.25, 0.3) is 0 Å². The van der Waals surface area contributed by atoms with Crippen molar-refractivity contribution in [1.82, 2.24) is 4.98 Å². The molecule has 0 radical (unpaired) electrons. The lowest BCUT2D eigenvalue weighted by Crippen LogP contribution is -2.00. The van der Waals surface area contributed by atoms with Gasteiger partial charge in [0, 0.05) is 10.9 Å². The molecule has 0 aliphatic heterocycles. The smallest absolute Gasteiger partial charge is 0.354 e. The van der Waals surface area contributed by atoms with Crippen LogP contribution in [0.3, 0.4) is 0 Å². The number of aromatic nitrogens is 1. The Balaban J connectivity index is 1.92. The van der Waals surface area contributed by atoms with Crippen molar-refractivity contribution in [2.45, 2.75) is 0 Å². The molecule has 3 rings (SSSR count). The summed E-state index contributed by atoms with van der Waals surface area (Å²) in [7, 11) is 1.36. The molecule has 4 nitrogen and oxygen atoms in total. The van der Waals surface area contributed by atoms with Crippen molar-refractivity contribution in [2.75, 3.05) is 7.11 Å². The zero-order valence-electron chi connectivity index (χ0n) is 10.9. The minimum Gasteiger partial charge on any atom is -0.464 e. The van der Waals surface area contributed by atoms with Crippen LogP contribution in [0, 0.1) is 0 Å². The first-order valence-corrected chi connectivity index (χ1v) is 6.20. The summed E-state index contributed by atoms with van der Waals surface area (Å²) >= 11 is 0. The summed E-state index contributed by atoms with van der Waals surface area (Å²) in [4.78, 5) is 14.5. The summed E-state index contributed by atoms with van der Waals surface area (Å²) in [5, 5.41) is 0.902. The molecule has 20 heavy (non-hydrogen) atoms. The maximum absolute atomic E-state index is 11.5. The third kappa shape index (κ3) is 2.36. The summed E-state index contributed by atoms with van der Waals surface area (Å²) < 4.78 is 10.4. The molecule has 0 saturated heterocycles. The average molecular weight is 267 g/mol. The minimum atomic E-state index is -0.383. The molecule has 1 N–H and O–H groups in total.